The van der Waals surface area contributed by atoms with E-state index in [9.17, 15) is 9.50 Å². The molecule has 0 fully saturated rings. The largest absolute Gasteiger partial charge is 0.494 e. The molecule has 0 heterocycles. The van der Waals surface area contributed by atoms with Crippen molar-refractivity contribution in [2.24, 2.45) is 0 Å². The Morgan fingerprint density at radius 2 is 1.95 bits per heavy atom. The molecule has 1 unspecified atom stereocenters. The number of nitrogens with zero attached hydrogens (tertiary/aromatic N) is 1. The summed E-state index contributed by atoms with van der Waals surface area (Å²) in [4.78, 5) is 0. The number of methoxy groups -OCH3 is 1. The highest BCUT2D eigenvalue weighted by Crippen LogP contribution is 2.23. The maximum atomic E-state index is 13.6. The average Bonchev–Trinajstić information content (AvgIpc) is 2.47. The average molecular weight is 271 g/mol. The number of nitriles is 1. The normalized spacial score (nSPS) is 11.7. The van der Waals surface area contributed by atoms with Crippen molar-refractivity contribution in [3.63, 3.8) is 0 Å². The number of hydrogen-bond donors (Lipinski definition) is 1. The maximum absolute atomic E-state index is 13.6. The van der Waals surface area contributed by atoms with Crippen LogP contribution in [0.5, 0.6) is 5.75 Å². The molecule has 3 nitrogen and oxygen atoms in total. The van der Waals surface area contributed by atoms with Crippen LogP contribution in [0.1, 0.15) is 22.8 Å². The minimum atomic E-state index is -0.740. The predicted octanol–water partition coefficient (Wildman–Crippen LogP) is 2.98. The Hall–Kier alpha value is -2.38. The zero-order valence-electron chi connectivity index (χ0n) is 11.0. The molecule has 0 saturated heterocycles. The van der Waals surface area contributed by atoms with Crippen molar-refractivity contribution in [3.05, 3.63) is 65.0 Å². The Morgan fingerprint density at radius 3 is 2.50 bits per heavy atom. The Labute approximate surface area is 116 Å². The highest BCUT2D eigenvalue weighted by molar-refractivity contribution is 5.34. The van der Waals surface area contributed by atoms with Crippen LogP contribution in [-0.2, 0) is 6.42 Å². The van der Waals surface area contributed by atoms with Gasteiger partial charge in [0.15, 0.2) is 11.6 Å². The van der Waals surface area contributed by atoms with Crippen LogP contribution >= 0.6 is 0 Å². The SMILES string of the molecule is COc1ccc(CC(O)c2ccc(C#N)cc2)cc1F. The summed E-state index contributed by atoms with van der Waals surface area (Å²) in [5.74, 6) is -0.265. The number of rotatable bonds is 4. The van der Waals surface area contributed by atoms with Gasteiger partial charge in [-0.2, -0.15) is 5.26 Å². The van der Waals surface area contributed by atoms with Gasteiger partial charge >= 0.3 is 0 Å². The molecule has 0 radical (unpaired) electrons. The van der Waals surface area contributed by atoms with E-state index in [0.717, 1.165) is 0 Å². The third-order valence-corrected chi connectivity index (χ3v) is 3.07. The highest BCUT2D eigenvalue weighted by Gasteiger charge is 2.11. The first-order valence-corrected chi connectivity index (χ1v) is 6.14. The molecule has 0 aromatic heterocycles. The van der Waals surface area contributed by atoms with Gasteiger partial charge in [-0.15, -0.1) is 0 Å². The number of benzene rings is 2. The summed E-state index contributed by atoms with van der Waals surface area (Å²) in [5.41, 5.74) is 1.91. The summed E-state index contributed by atoms with van der Waals surface area (Å²) < 4.78 is 18.4. The molecular weight excluding hydrogens is 257 g/mol. The van der Waals surface area contributed by atoms with Gasteiger partial charge in [-0.25, -0.2) is 4.39 Å². The molecule has 0 amide bonds. The molecule has 102 valence electrons. The minimum Gasteiger partial charge on any atom is -0.494 e. The fourth-order valence-corrected chi connectivity index (χ4v) is 1.96. The van der Waals surface area contributed by atoms with E-state index in [1.54, 1.807) is 30.3 Å². The Balaban J connectivity index is 2.12. The number of aliphatic hydroxyl groups is 1. The summed E-state index contributed by atoms with van der Waals surface area (Å²) >= 11 is 0. The second-order valence-corrected chi connectivity index (χ2v) is 4.42. The highest BCUT2D eigenvalue weighted by atomic mass is 19.1. The minimum absolute atomic E-state index is 0.182. The molecule has 0 aliphatic rings. The van der Waals surface area contributed by atoms with Gasteiger partial charge in [0.1, 0.15) is 0 Å². The van der Waals surface area contributed by atoms with Crippen molar-refractivity contribution in [2.75, 3.05) is 7.11 Å². The predicted molar refractivity (Wildman–Crippen MR) is 72.8 cm³/mol. The van der Waals surface area contributed by atoms with E-state index in [4.69, 9.17) is 10.00 Å². The second-order valence-electron chi connectivity index (χ2n) is 4.42. The monoisotopic (exact) mass is 271 g/mol. The summed E-state index contributed by atoms with van der Waals surface area (Å²) in [6.07, 6.45) is -0.442. The summed E-state index contributed by atoms with van der Waals surface area (Å²) in [6, 6.07) is 13.3. The Kier molecular flexibility index (Phi) is 4.34. The van der Waals surface area contributed by atoms with E-state index < -0.39 is 11.9 Å². The van der Waals surface area contributed by atoms with E-state index in [2.05, 4.69) is 0 Å². The van der Waals surface area contributed by atoms with Gasteiger partial charge in [0.25, 0.3) is 0 Å². The van der Waals surface area contributed by atoms with Crippen molar-refractivity contribution < 1.29 is 14.2 Å². The van der Waals surface area contributed by atoms with Crippen LogP contribution in [0.25, 0.3) is 0 Å². The van der Waals surface area contributed by atoms with Gasteiger partial charge in [0.05, 0.1) is 24.8 Å². The lowest BCUT2D eigenvalue weighted by Crippen LogP contribution is -2.02. The molecule has 4 heteroatoms. The molecular formula is C16H14FNO2. The molecule has 0 spiro atoms. The lowest BCUT2D eigenvalue weighted by atomic mass is 10.0. The van der Waals surface area contributed by atoms with Gasteiger partial charge in [0, 0.05) is 6.42 Å². The van der Waals surface area contributed by atoms with Crippen LogP contribution in [0.3, 0.4) is 0 Å². The van der Waals surface area contributed by atoms with Crippen LogP contribution in [-0.4, -0.2) is 12.2 Å². The molecule has 0 aliphatic heterocycles. The first-order valence-electron chi connectivity index (χ1n) is 6.14. The summed E-state index contributed by atoms with van der Waals surface area (Å²) in [5, 5.41) is 18.8. The first-order chi connectivity index (χ1) is 9.63. The molecule has 2 aromatic carbocycles. The Bertz CT molecular complexity index is 632. The lowest BCUT2D eigenvalue weighted by molar-refractivity contribution is 0.178. The molecule has 1 atom stereocenters. The lowest BCUT2D eigenvalue weighted by Gasteiger charge is -2.12. The molecule has 0 aliphatic carbocycles. The van der Waals surface area contributed by atoms with Crippen molar-refractivity contribution >= 4 is 0 Å². The van der Waals surface area contributed by atoms with Gasteiger partial charge in [0.2, 0.25) is 0 Å². The smallest absolute Gasteiger partial charge is 0.165 e. The third-order valence-electron chi connectivity index (χ3n) is 3.07. The molecule has 2 aromatic rings. The van der Waals surface area contributed by atoms with E-state index >= 15 is 0 Å². The number of aliphatic hydroxyl groups excluding tert-OH is 1. The van der Waals surface area contributed by atoms with Gasteiger partial charge in [-0.1, -0.05) is 18.2 Å². The topological polar surface area (TPSA) is 53.2 Å². The van der Waals surface area contributed by atoms with Crippen molar-refractivity contribution in [2.45, 2.75) is 12.5 Å². The van der Waals surface area contributed by atoms with Gasteiger partial charge in [-0.05, 0) is 35.4 Å². The van der Waals surface area contributed by atoms with Crippen LogP contribution < -0.4 is 4.74 Å². The number of hydrogen-bond acceptors (Lipinski definition) is 3. The van der Waals surface area contributed by atoms with E-state index in [1.165, 1.54) is 19.2 Å². The van der Waals surface area contributed by atoms with Crippen LogP contribution in [0.15, 0.2) is 42.5 Å². The molecule has 2 rings (SSSR count). The van der Waals surface area contributed by atoms with Crippen molar-refractivity contribution in [3.8, 4) is 11.8 Å². The fraction of sp³-hybridized carbons (Fsp3) is 0.188. The quantitative estimate of drug-likeness (QED) is 0.930. The van der Waals surface area contributed by atoms with Gasteiger partial charge in [-0.3, -0.25) is 0 Å². The Morgan fingerprint density at radius 1 is 1.25 bits per heavy atom. The zero-order valence-corrected chi connectivity index (χ0v) is 11.0. The molecule has 20 heavy (non-hydrogen) atoms. The molecule has 0 bridgehead atoms. The maximum Gasteiger partial charge on any atom is 0.165 e. The van der Waals surface area contributed by atoms with E-state index in [1.807, 2.05) is 6.07 Å². The van der Waals surface area contributed by atoms with Crippen LogP contribution in [0, 0.1) is 17.1 Å². The first kappa shape index (κ1) is 14.0. The van der Waals surface area contributed by atoms with E-state index in [0.29, 0.717) is 23.1 Å². The summed E-state index contributed by atoms with van der Waals surface area (Å²) in [6.45, 7) is 0. The fourth-order valence-electron chi connectivity index (χ4n) is 1.96. The second kappa shape index (κ2) is 6.18. The molecule has 1 N–H and O–H groups in total. The van der Waals surface area contributed by atoms with Gasteiger partial charge < -0.3 is 9.84 Å². The molecule has 0 saturated carbocycles. The number of halogens is 1. The third kappa shape index (κ3) is 3.14. The standard InChI is InChI=1S/C16H14FNO2/c1-20-16-7-4-12(8-14(16)17)9-15(19)13-5-2-11(10-18)3-6-13/h2-8,15,19H,9H2,1H3. The van der Waals surface area contributed by atoms with Crippen molar-refractivity contribution in [1.29, 1.82) is 5.26 Å². The van der Waals surface area contributed by atoms with Crippen molar-refractivity contribution in [1.82, 2.24) is 0 Å². The summed E-state index contributed by atoms with van der Waals surface area (Å²) in [7, 11) is 1.41. The van der Waals surface area contributed by atoms with E-state index in [-0.39, 0.29) is 5.75 Å². The number of ether oxygens (including phenoxy) is 1. The van der Waals surface area contributed by atoms with Crippen LogP contribution in [0.4, 0.5) is 4.39 Å². The zero-order chi connectivity index (χ0) is 14.5. The van der Waals surface area contributed by atoms with Crippen LogP contribution in [0.2, 0.25) is 0 Å².